The van der Waals surface area contributed by atoms with E-state index >= 15 is 0 Å². The Balaban J connectivity index is 0.00000650. The van der Waals surface area contributed by atoms with Crippen molar-refractivity contribution < 1.29 is 272 Å². The Morgan fingerprint density at radius 2 is 1.13 bits per heavy atom. The molecular formula is C30H21F4K4N3O10S. The van der Waals surface area contributed by atoms with Crippen LogP contribution in [0.15, 0.2) is 54.6 Å². The summed E-state index contributed by atoms with van der Waals surface area (Å²) in [5.74, 6) is -7.79. The van der Waals surface area contributed by atoms with Gasteiger partial charge in [-0.15, -0.1) is 11.3 Å². The number of thiazole rings is 1. The van der Waals surface area contributed by atoms with Gasteiger partial charge in [0.05, 0.1) is 77.2 Å². The van der Waals surface area contributed by atoms with E-state index in [4.69, 9.17) is 9.47 Å². The fourth-order valence-electron chi connectivity index (χ4n) is 4.50. The number of hydrogen-bond donors (Lipinski definition) is 0. The fourth-order valence-corrected chi connectivity index (χ4v) is 5.44. The van der Waals surface area contributed by atoms with Crippen LogP contribution in [0.2, 0.25) is 0 Å². The summed E-state index contributed by atoms with van der Waals surface area (Å²) in [6.45, 7) is -4.39. The van der Waals surface area contributed by atoms with E-state index in [1.807, 2.05) is 0 Å². The van der Waals surface area contributed by atoms with Crippen LogP contribution in [0.3, 0.4) is 0 Å². The summed E-state index contributed by atoms with van der Waals surface area (Å²) >= 11 is 1.04. The molecule has 22 heteroatoms. The second-order valence-electron chi connectivity index (χ2n) is 9.89. The second-order valence-corrected chi connectivity index (χ2v) is 10.9. The van der Waals surface area contributed by atoms with Gasteiger partial charge >= 0.3 is 212 Å². The van der Waals surface area contributed by atoms with Gasteiger partial charge in [-0.05, 0) is 48.5 Å². The normalized spacial score (nSPS) is 10.4. The molecule has 0 aliphatic carbocycles. The maximum atomic E-state index is 14.1. The van der Waals surface area contributed by atoms with Crippen LogP contribution in [-0.2, 0) is 25.4 Å². The summed E-state index contributed by atoms with van der Waals surface area (Å²) in [6, 6.07) is 9.96. The molecule has 1 aromatic heterocycles. The topological polar surface area (TPSA) is 198 Å². The van der Waals surface area contributed by atoms with Gasteiger partial charge in [0.15, 0.2) is 0 Å². The minimum Gasteiger partial charge on any atom is -0.548 e. The Morgan fingerprint density at radius 1 is 0.673 bits per heavy atom. The van der Waals surface area contributed by atoms with E-state index in [1.165, 1.54) is 24.3 Å². The molecule has 3 aromatic carbocycles. The summed E-state index contributed by atoms with van der Waals surface area (Å²) in [5.41, 5.74) is -0.744. The maximum absolute atomic E-state index is 14.1. The third kappa shape index (κ3) is 16.0. The first-order chi connectivity index (χ1) is 22.6. The number of aliphatic carboxylic acids is 4. The molecular weight excluding hydrogens is 827 g/mol. The Labute approximate surface area is 467 Å². The van der Waals surface area contributed by atoms with E-state index in [2.05, 4.69) is 4.98 Å². The summed E-state index contributed by atoms with van der Waals surface area (Å²) in [5, 5.41) is 45.4. The molecule has 0 aliphatic rings. The van der Waals surface area contributed by atoms with Crippen molar-refractivity contribution in [2.75, 3.05) is 49.2 Å². The number of benzene rings is 3. The molecule has 4 rings (SSSR count). The van der Waals surface area contributed by atoms with Gasteiger partial charge in [0.2, 0.25) is 0 Å². The summed E-state index contributed by atoms with van der Waals surface area (Å²) in [7, 11) is 0. The minimum atomic E-state index is -4.60. The number of rotatable bonds is 16. The molecule has 4 aromatic rings. The number of anilines is 2. The fraction of sp³-hybridized carbons (Fsp3) is 0.233. The summed E-state index contributed by atoms with van der Waals surface area (Å²) in [6.07, 6.45) is -4.60. The zero-order valence-electron chi connectivity index (χ0n) is 28.3. The average molecular weight is 848 g/mol. The number of fused-ring (bicyclic) bond motifs is 1. The van der Waals surface area contributed by atoms with Crippen LogP contribution in [0.1, 0.15) is 5.56 Å². The monoisotopic (exact) mass is 847 g/mol. The molecule has 0 amide bonds. The molecule has 52 heavy (non-hydrogen) atoms. The smallest absolute Gasteiger partial charge is 0.548 e. The third-order valence-corrected chi connectivity index (χ3v) is 7.49. The largest absolute Gasteiger partial charge is 1.00 e. The molecule has 0 saturated carbocycles. The van der Waals surface area contributed by atoms with Gasteiger partial charge in [0, 0.05) is 11.6 Å². The van der Waals surface area contributed by atoms with Crippen molar-refractivity contribution in [1.29, 1.82) is 0 Å². The number of aromatic nitrogens is 1. The number of carboxylic acid groups (broad SMARTS) is 4. The van der Waals surface area contributed by atoms with Crippen molar-refractivity contribution in [1.82, 2.24) is 4.98 Å². The van der Waals surface area contributed by atoms with Gasteiger partial charge < -0.3 is 58.9 Å². The van der Waals surface area contributed by atoms with Crippen LogP contribution >= 0.6 is 11.3 Å². The van der Waals surface area contributed by atoms with Crippen molar-refractivity contribution in [3.8, 4) is 22.1 Å². The first-order valence-corrected chi connectivity index (χ1v) is 14.4. The molecule has 0 aliphatic heterocycles. The van der Waals surface area contributed by atoms with Crippen molar-refractivity contribution in [3.63, 3.8) is 0 Å². The van der Waals surface area contributed by atoms with Crippen LogP contribution in [0.4, 0.5) is 28.9 Å². The minimum absolute atomic E-state index is 0. The van der Waals surface area contributed by atoms with Crippen LogP contribution in [0.25, 0.3) is 20.8 Å². The van der Waals surface area contributed by atoms with Crippen LogP contribution in [0, 0.1) is 5.82 Å². The van der Waals surface area contributed by atoms with Crippen molar-refractivity contribution in [2.45, 2.75) is 6.18 Å². The van der Waals surface area contributed by atoms with Crippen LogP contribution < -0.4 is 245 Å². The van der Waals surface area contributed by atoms with E-state index in [0.717, 1.165) is 51.5 Å². The Morgan fingerprint density at radius 3 is 1.60 bits per heavy atom. The van der Waals surface area contributed by atoms with Crippen molar-refractivity contribution >= 4 is 56.8 Å². The quantitative estimate of drug-likeness (QED) is 0.0586. The number of ether oxygens (including phenoxy) is 2. The van der Waals surface area contributed by atoms with E-state index in [-0.39, 0.29) is 246 Å². The van der Waals surface area contributed by atoms with Gasteiger partial charge in [-0.2, -0.15) is 13.2 Å². The van der Waals surface area contributed by atoms with Crippen molar-refractivity contribution in [2.24, 2.45) is 0 Å². The molecule has 0 unspecified atom stereocenters. The summed E-state index contributed by atoms with van der Waals surface area (Å²) in [4.78, 5) is 51.1. The first-order valence-electron chi connectivity index (χ1n) is 13.6. The summed E-state index contributed by atoms with van der Waals surface area (Å²) < 4.78 is 65.5. The Kier molecular flexibility index (Phi) is 25.0. The van der Waals surface area contributed by atoms with Crippen LogP contribution in [-0.4, -0.2) is 68.3 Å². The predicted octanol–water partition coefficient (Wildman–Crippen LogP) is -12.8. The zero-order valence-corrected chi connectivity index (χ0v) is 41.6. The SMILES string of the molecule is O=C([O-])CN(CC(=O)[O-])c1ccc(F)cc1OCCOc1cc(-c2nc3cc(C(F)(F)F)ccc3s2)ccc1N(CC(=O)[O-])CC(=O)[O-].[K+].[K+].[K+].[K+]. The maximum Gasteiger partial charge on any atom is 1.00 e. The van der Waals surface area contributed by atoms with Gasteiger partial charge in [-0.1, -0.05) is 0 Å². The Bertz CT molecular complexity index is 1840. The van der Waals surface area contributed by atoms with Gasteiger partial charge in [0.25, 0.3) is 0 Å². The molecule has 0 fully saturated rings. The number of alkyl halides is 3. The molecule has 13 nitrogen and oxygen atoms in total. The predicted molar refractivity (Wildman–Crippen MR) is 152 cm³/mol. The average Bonchev–Trinajstić information content (AvgIpc) is 3.41. The Hall–Kier alpha value is 0.895. The molecule has 254 valence electrons. The standard InChI is InChI=1S/C30H25F4N3O10S.4K/c31-18-3-5-21(37(14-27(42)43)15-28(44)45)23(11-18)47-8-7-46-22-9-16(1-4-20(22)36(12-25(38)39)13-26(40)41)29-35-19-10-17(30(32,33)34)2-6-24(19)48-29;;;;/h1-6,9-11H,7-8,12-15H2,(H,38,39)(H,40,41)(H,42,43)(H,44,45);;;;/q;4*+1/p-4. The van der Waals surface area contributed by atoms with E-state index in [9.17, 15) is 57.2 Å². The number of halogens is 4. The molecule has 0 radical (unpaired) electrons. The molecule has 0 N–H and O–H groups in total. The number of carboxylic acids is 4. The van der Waals surface area contributed by atoms with Gasteiger partial charge in [-0.3, -0.25) is 0 Å². The number of carbonyl (C=O) groups excluding carboxylic acids is 4. The second kappa shape index (κ2) is 24.6. The molecule has 1 heterocycles. The van der Waals surface area contributed by atoms with Crippen molar-refractivity contribution in [3.05, 3.63) is 66.0 Å². The number of carbonyl (C=O) groups is 4. The molecule has 0 spiro atoms. The van der Waals surface area contributed by atoms with E-state index < -0.39 is 74.2 Å². The zero-order chi connectivity index (χ0) is 35.2. The van der Waals surface area contributed by atoms with Gasteiger partial charge in [-0.25, -0.2) is 9.37 Å². The van der Waals surface area contributed by atoms with E-state index in [0.29, 0.717) is 10.3 Å². The van der Waals surface area contributed by atoms with Crippen LogP contribution in [0.5, 0.6) is 11.5 Å². The first kappa shape index (κ1) is 52.9. The number of nitrogens with zero attached hydrogens (tertiary/aromatic N) is 3. The number of hydrogen-bond acceptors (Lipinski definition) is 14. The molecule has 0 atom stereocenters. The third-order valence-electron chi connectivity index (χ3n) is 6.40. The van der Waals surface area contributed by atoms with E-state index in [1.54, 1.807) is 0 Å². The molecule has 0 saturated heterocycles. The molecule has 0 bridgehead atoms. The van der Waals surface area contributed by atoms with Gasteiger partial charge in [0.1, 0.15) is 35.5 Å².